The van der Waals surface area contributed by atoms with Crippen LogP contribution in [0.15, 0.2) is 41.7 Å². The second-order valence-corrected chi connectivity index (χ2v) is 7.16. The number of thiophene rings is 1. The van der Waals surface area contributed by atoms with Gasteiger partial charge in [0.1, 0.15) is 11.4 Å². The minimum absolute atomic E-state index is 0.157. The van der Waals surface area contributed by atoms with Crippen molar-refractivity contribution in [1.29, 1.82) is 0 Å². The van der Waals surface area contributed by atoms with Gasteiger partial charge in [0.05, 0.1) is 11.3 Å². The van der Waals surface area contributed by atoms with Crippen LogP contribution >= 0.6 is 23.1 Å². The summed E-state index contributed by atoms with van der Waals surface area (Å²) in [6.45, 7) is 4.02. The summed E-state index contributed by atoms with van der Waals surface area (Å²) >= 11 is 3.14. The molecule has 5 heteroatoms. The van der Waals surface area contributed by atoms with Gasteiger partial charge in [0.15, 0.2) is 5.78 Å². The van der Waals surface area contributed by atoms with Crippen LogP contribution in [0.2, 0.25) is 0 Å². The van der Waals surface area contributed by atoms with E-state index in [2.05, 4.69) is 9.97 Å². The molecule has 0 aliphatic rings. The van der Waals surface area contributed by atoms with Crippen LogP contribution in [0.25, 0.3) is 10.9 Å². The molecule has 0 aliphatic carbocycles. The fourth-order valence-corrected chi connectivity index (χ4v) is 4.03. The molecular weight excluding hydrogens is 300 g/mol. The van der Waals surface area contributed by atoms with Crippen LogP contribution in [0, 0.1) is 13.8 Å². The molecule has 0 aliphatic heterocycles. The van der Waals surface area contributed by atoms with Gasteiger partial charge in [0, 0.05) is 20.7 Å². The normalized spacial score (nSPS) is 11.0. The lowest BCUT2D eigenvalue weighted by molar-refractivity contribution is 0.102. The third-order valence-electron chi connectivity index (χ3n) is 3.19. The zero-order valence-corrected chi connectivity index (χ0v) is 13.4. The molecule has 0 spiro atoms. The van der Waals surface area contributed by atoms with Crippen molar-refractivity contribution >= 4 is 39.8 Å². The topological polar surface area (TPSA) is 42.9 Å². The molecule has 0 N–H and O–H groups in total. The standard InChI is InChI=1S/C16H14N2OS2/c1-10-7-13(11(2)21-10)15(19)8-20-16-12-5-3-4-6-14(12)17-9-18-16/h3-7,9H,8H2,1-2H3. The molecule has 0 saturated carbocycles. The Bertz CT molecular complexity index is 806. The van der Waals surface area contributed by atoms with Crippen molar-refractivity contribution in [3.8, 4) is 0 Å². The van der Waals surface area contributed by atoms with Crippen molar-refractivity contribution in [2.45, 2.75) is 18.9 Å². The summed E-state index contributed by atoms with van der Waals surface area (Å²) in [5, 5.41) is 1.86. The Hall–Kier alpha value is -1.72. The van der Waals surface area contributed by atoms with E-state index in [1.165, 1.54) is 16.6 Å². The second kappa shape index (κ2) is 5.95. The molecule has 0 unspecified atom stereocenters. The SMILES string of the molecule is Cc1cc(C(=O)CSc2ncnc3ccccc23)c(C)s1. The average Bonchev–Trinajstić information content (AvgIpc) is 2.83. The summed E-state index contributed by atoms with van der Waals surface area (Å²) in [4.78, 5) is 23.1. The molecule has 2 aromatic heterocycles. The lowest BCUT2D eigenvalue weighted by Gasteiger charge is -2.04. The van der Waals surface area contributed by atoms with E-state index in [1.807, 2.05) is 44.2 Å². The highest BCUT2D eigenvalue weighted by Gasteiger charge is 2.13. The molecule has 0 atom stereocenters. The van der Waals surface area contributed by atoms with E-state index in [4.69, 9.17) is 0 Å². The first-order chi connectivity index (χ1) is 10.1. The number of benzene rings is 1. The number of thioether (sulfide) groups is 1. The number of hydrogen-bond donors (Lipinski definition) is 0. The number of fused-ring (bicyclic) bond motifs is 1. The Morgan fingerprint density at radius 1 is 1.24 bits per heavy atom. The first-order valence-electron chi connectivity index (χ1n) is 6.58. The number of carbonyl (C=O) groups excluding carboxylic acids is 1. The summed E-state index contributed by atoms with van der Waals surface area (Å²) in [6, 6.07) is 9.83. The van der Waals surface area contributed by atoms with Crippen LogP contribution < -0.4 is 0 Å². The predicted octanol–water partition coefficient (Wildman–Crippen LogP) is 4.28. The molecule has 1 aromatic carbocycles. The first kappa shape index (κ1) is 14.2. The minimum Gasteiger partial charge on any atom is -0.293 e. The largest absolute Gasteiger partial charge is 0.293 e. The quantitative estimate of drug-likeness (QED) is 0.409. The number of Topliss-reactive ketones (excluding diaryl/α,β-unsaturated/α-hetero) is 1. The average molecular weight is 314 g/mol. The van der Waals surface area contributed by atoms with E-state index < -0.39 is 0 Å². The number of nitrogens with zero attached hydrogens (tertiary/aromatic N) is 2. The molecule has 106 valence electrons. The van der Waals surface area contributed by atoms with Crippen LogP contribution in [0.5, 0.6) is 0 Å². The maximum absolute atomic E-state index is 12.3. The Morgan fingerprint density at radius 2 is 2.05 bits per heavy atom. The molecular formula is C16H14N2OS2. The molecule has 0 fully saturated rings. The summed E-state index contributed by atoms with van der Waals surface area (Å²) in [5.74, 6) is 0.558. The Morgan fingerprint density at radius 3 is 2.81 bits per heavy atom. The van der Waals surface area contributed by atoms with Gasteiger partial charge in [0.25, 0.3) is 0 Å². The zero-order chi connectivity index (χ0) is 14.8. The van der Waals surface area contributed by atoms with Crippen LogP contribution in [0.3, 0.4) is 0 Å². The fourth-order valence-electron chi connectivity index (χ4n) is 2.21. The molecule has 0 radical (unpaired) electrons. The van der Waals surface area contributed by atoms with Gasteiger partial charge in [0.2, 0.25) is 0 Å². The van der Waals surface area contributed by atoms with Gasteiger partial charge in [-0.15, -0.1) is 11.3 Å². The van der Waals surface area contributed by atoms with Gasteiger partial charge >= 0.3 is 0 Å². The zero-order valence-electron chi connectivity index (χ0n) is 11.8. The lowest BCUT2D eigenvalue weighted by atomic mass is 10.2. The molecule has 3 aromatic rings. The van der Waals surface area contributed by atoms with Crippen molar-refractivity contribution in [1.82, 2.24) is 9.97 Å². The summed E-state index contributed by atoms with van der Waals surface area (Å²) in [7, 11) is 0. The van der Waals surface area contributed by atoms with E-state index in [1.54, 1.807) is 17.7 Å². The number of aromatic nitrogens is 2. The summed E-state index contributed by atoms with van der Waals surface area (Å²) in [5.41, 5.74) is 1.74. The van der Waals surface area contributed by atoms with Crippen LogP contribution in [-0.2, 0) is 0 Å². The van der Waals surface area contributed by atoms with E-state index >= 15 is 0 Å². The molecule has 21 heavy (non-hydrogen) atoms. The molecule has 0 saturated heterocycles. The van der Waals surface area contributed by atoms with E-state index in [0.717, 1.165) is 26.4 Å². The third-order valence-corrected chi connectivity index (χ3v) is 5.16. The predicted molar refractivity (Wildman–Crippen MR) is 88.4 cm³/mol. The second-order valence-electron chi connectivity index (χ2n) is 4.73. The summed E-state index contributed by atoms with van der Waals surface area (Å²) in [6.07, 6.45) is 1.55. The molecule has 0 amide bonds. The van der Waals surface area contributed by atoms with Crippen LogP contribution in [0.1, 0.15) is 20.1 Å². The maximum atomic E-state index is 12.3. The maximum Gasteiger partial charge on any atom is 0.174 e. The van der Waals surface area contributed by atoms with Crippen LogP contribution in [0.4, 0.5) is 0 Å². The molecule has 3 rings (SSSR count). The van der Waals surface area contributed by atoms with Crippen molar-refractivity contribution in [3.05, 3.63) is 52.0 Å². The van der Waals surface area contributed by atoms with Crippen LogP contribution in [-0.4, -0.2) is 21.5 Å². The van der Waals surface area contributed by atoms with E-state index in [0.29, 0.717) is 5.75 Å². The van der Waals surface area contributed by atoms with Gasteiger partial charge in [-0.2, -0.15) is 0 Å². The highest BCUT2D eigenvalue weighted by molar-refractivity contribution is 8.00. The van der Waals surface area contributed by atoms with E-state index in [-0.39, 0.29) is 5.78 Å². The Balaban J connectivity index is 1.81. The van der Waals surface area contributed by atoms with Crippen molar-refractivity contribution in [3.63, 3.8) is 0 Å². The van der Waals surface area contributed by atoms with Gasteiger partial charge < -0.3 is 0 Å². The number of carbonyl (C=O) groups is 1. The Kier molecular flexibility index (Phi) is 4.03. The minimum atomic E-state index is 0.157. The van der Waals surface area contributed by atoms with Gasteiger partial charge in [-0.1, -0.05) is 30.0 Å². The lowest BCUT2D eigenvalue weighted by Crippen LogP contribution is -2.03. The smallest absolute Gasteiger partial charge is 0.174 e. The van der Waals surface area contributed by atoms with Gasteiger partial charge in [-0.3, -0.25) is 4.79 Å². The summed E-state index contributed by atoms with van der Waals surface area (Å²) < 4.78 is 0. The Labute approximate surface area is 131 Å². The fraction of sp³-hybridized carbons (Fsp3) is 0.188. The highest BCUT2D eigenvalue weighted by Crippen LogP contribution is 2.27. The number of aryl methyl sites for hydroxylation is 2. The third kappa shape index (κ3) is 2.99. The number of hydrogen-bond acceptors (Lipinski definition) is 5. The first-order valence-corrected chi connectivity index (χ1v) is 8.38. The van der Waals surface area contributed by atoms with Crippen molar-refractivity contribution in [2.75, 3.05) is 5.75 Å². The monoisotopic (exact) mass is 314 g/mol. The number of para-hydroxylation sites is 1. The number of ketones is 1. The molecule has 3 nitrogen and oxygen atoms in total. The van der Waals surface area contributed by atoms with Crippen molar-refractivity contribution in [2.24, 2.45) is 0 Å². The molecule has 2 heterocycles. The van der Waals surface area contributed by atoms with E-state index in [9.17, 15) is 4.79 Å². The highest BCUT2D eigenvalue weighted by atomic mass is 32.2. The van der Waals surface area contributed by atoms with Gasteiger partial charge in [-0.05, 0) is 26.0 Å². The van der Waals surface area contributed by atoms with Crippen molar-refractivity contribution < 1.29 is 4.79 Å². The van der Waals surface area contributed by atoms with Gasteiger partial charge in [-0.25, -0.2) is 9.97 Å². The molecule has 0 bridgehead atoms. The number of rotatable bonds is 4.